The molecule has 1 N–H and O–H groups in total. The molecular weight excluding hydrogens is 295 g/mol. The maximum absolute atomic E-state index is 12.6. The molecule has 2 aliphatic rings. The number of halogens is 3. The molecule has 2 unspecified atom stereocenters. The number of ether oxygens (including phenoxy) is 1. The van der Waals surface area contributed by atoms with E-state index in [0.717, 1.165) is 51.5 Å². The fraction of sp³-hybridized carbons (Fsp3) is 0.667. The molecule has 2 atom stereocenters. The minimum Gasteiger partial charge on any atom is -0.497 e. The lowest BCUT2D eigenvalue weighted by Gasteiger charge is -2.34. The van der Waals surface area contributed by atoms with E-state index < -0.39 is 11.9 Å². The molecule has 4 nitrogen and oxygen atoms in total. The Balaban J connectivity index is 1.60. The lowest BCUT2D eigenvalue weighted by molar-refractivity contribution is -0.141. The summed E-state index contributed by atoms with van der Waals surface area (Å²) in [5, 5.41) is 0. The Labute approximate surface area is 127 Å². The molecule has 0 spiro atoms. The van der Waals surface area contributed by atoms with E-state index in [2.05, 4.69) is 14.9 Å². The first kappa shape index (κ1) is 15.4. The van der Waals surface area contributed by atoms with Crippen LogP contribution in [0.1, 0.15) is 43.1 Å². The zero-order chi connectivity index (χ0) is 15.6. The van der Waals surface area contributed by atoms with E-state index in [-0.39, 0.29) is 12.0 Å². The van der Waals surface area contributed by atoms with Crippen LogP contribution >= 0.6 is 0 Å². The number of piperidine rings is 1. The van der Waals surface area contributed by atoms with Crippen LogP contribution in [0.5, 0.6) is 0 Å². The second-order valence-corrected chi connectivity index (χ2v) is 5.99. The van der Waals surface area contributed by atoms with E-state index in [9.17, 15) is 13.2 Å². The zero-order valence-electron chi connectivity index (χ0n) is 12.3. The van der Waals surface area contributed by atoms with Gasteiger partial charge in [-0.2, -0.15) is 13.2 Å². The largest absolute Gasteiger partial charge is 0.497 e. The summed E-state index contributed by atoms with van der Waals surface area (Å²) in [6.07, 6.45) is 4.33. The quantitative estimate of drug-likeness (QED) is 0.930. The van der Waals surface area contributed by atoms with E-state index in [1.165, 1.54) is 0 Å². The van der Waals surface area contributed by atoms with Crippen molar-refractivity contribution in [3.8, 4) is 0 Å². The Morgan fingerprint density at radius 2 is 2.23 bits per heavy atom. The lowest BCUT2D eigenvalue weighted by Crippen LogP contribution is -2.40. The van der Waals surface area contributed by atoms with Crippen LogP contribution in [0.15, 0.2) is 18.5 Å². The number of allylic oxidation sites excluding steroid dienone is 1. The number of hydrogen-bond acceptors (Lipinski definition) is 3. The van der Waals surface area contributed by atoms with Crippen molar-refractivity contribution in [3.05, 3.63) is 30.1 Å². The summed E-state index contributed by atoms with van der Waals surface area (Å²) in [4.78, 5) is 8.66. The van der Waals surface area contributed by atoms with Gasteiger partial charge in [-0.15, -0.1) is 0 Å². The third kappa shape index (κ3) is 3.63. The van der Waals surface area contributed by atoms with Crippen LogP contribution in [0, 0.1) is 0 Å². The third-order valence-corrected chi connectivity index (χ3v) is 4.28. The molecule has 1 aromatic heterocycles. The molecule has 0 radical (unpaired) electrons. The summed E-state index contributed by atoms with van der Waals surface area (Å²) in [6, 6.07) is 0. The number of alkyl halides is 3. The molecule has 2 aliphatic heterocycles. The molecule has 1 saturated heterocycles. The highest BCUT2D eigenvalue weighted by atomic mass is 19.4. The molecule has 0 aromatic carbocycles. The first-order valence-electron chi connectivity index (χ1n) is 7.67. The van der Waals surface area contributed by atoms with Gasteiger partial charge in [-0.3, -0.25) is 4.90 Å². The van der Waals surface area contributed by atoms with Crippen molar-refractivity contribution in [2.24, 2.45) is 0 Å². The van der Waals surface area contributed by atoms with Crippen LogP contribution in [-0.2, 0) is 10.9 Å². The van der Waals surface area contributed by atoms with Gasteiger partial charge in [-0.1, -0.05) is 0 Å². The van der Waals surface area contributed by atoms with Crippen molar-refractivity contribution >= 4 is 0 Å². The average molecular weight is 315 g/mol. The SMILES string of the molecule is FC(F)(F)c1cnc(C2CCCN(CC3CCC=CO3)C2)[nH]1. The van der Waals surface area contributed by atoms with Crippen molar-refractivity contribution in [2.75, 3.05) is 19.6 Å². The Kier molecular flexibility index (Phi) is 4.42. The summed E-state index contributed by atoms with van der Waals surface area (Å²) < 4.78 is 43.5. The van der Waals surface area contributed by atoms with Gasteiger partial charge in [-0.05, 0) is 38.3 Å². The molecule has 1 fully saturated rings. The van der Waals surface area contributed by atoms with E-state index in [1.54, 1.807) is 6.26 Å². The van der Waals surface area contributed by atoms with E-state index in [0.29, 0.717) is 5.82 Å². The second-order valence-electron chi connectivity index (χ2n) is 5.99. The summed E-state index contributed by atoms with van der Waals surface area (Å²) in [5.41, 5.74) is -0.764. The molecule has 0 bridgehead atoms. The summed E-state index contributed by atoms with van der Waals surface area (Å²) >= 11 is 0. The highest BCUT2D eigenvalue weighted by molar-refractivity contribution is 5.09. The minimum atomic E-state index is -4.36. The van der Waals surface area contributed by atoms with E-state index >= 15 is 0 Å². The van der Waals surface area contributed by atoms with Gasteiger partial charge in [0.15, 0.2) is 0 Å². The molecule has 0 amide bonds. The summed E-state index contributed by atoms with van der Waals surface area (Å²) in [6.45, 7) is 2.52. The van der Waals surface area contributed by atoms with Crippen LogP contribution in [0.3, 0.4) is 0 Å². The minimum absolute atomic E-state index is 0.0315. The second kappa shape index (κ2) is 6.32. The van der Waals surface area contributed by atoms with Gasteiger partial charge in [0.05, 0.1) is 12.5 Å². The maximum Gasteiger partial charge on any atom is 0.432 e. The van der Waals surface area contributed by atoms with Crippen LogP contribution in [0.25, 0.3) is 0 Å². The number of nitrogens with zero attached hydrogens (tertiary/aromatic N) is 2. The summed E-state index contributed by atoms with van der Waals surface area (Å²) in [7, 11) is 0. The number of rotatable bonds is 3. The highest BCUT2D eigenvalue weighted by Crippen LogP contribution is 2.31. The monoisotopic (exact) mass is 315 g/mol. The van der Waals surface area contributed by atoms with E-state index in [1.807, 2.05) is 6.08 Å². The highest BCUT2D eigenvalue weighted by Gasteiger charge is 2.34. The summed E-state index contributed by atoms with van der Waals surface area (Å²) in [5.74, 6) is 0.477. The average Bonchev–Trinajstić information content (AvgIpc) is 2.99. The number of H-pyrrole nitrogens is 1. The van der Waals surface area contributed by atoms with Gasteiger partial charge in [0, 0.05) is 19.0 Å². The normalized spacial score (nSPS) is 26.9. The maximum atomic E-state index is 12.6. The Morgan fingerprint density at radius 1 is 1.36 bits per heavy atom. The molecule has 7 heteroatoms. The number of aromatic amines is 1. The Hall–Kier alpha value is -1.50. The van der Waals surface area contributed by atoms with Crippen LogP contribution < -0.4 is 0 Å². The van der Waals surface area contributed by atoms with Crippen molar-refractivity contribution in [3.63, 3.8) is 0 Å². The lowest BCUT2D eigenvalue weighted by atomic mass is 9.96. The number of imidazole rings is 1. The van der Waals surface area contributed by atoms with Gasteiger partial charge >= 0.3 is 6.18 Å². The molecule has 0 aliphatic carbocycles. The Bertz CT molecular complexity index is 526. The topological polar surface area (TPSA) is 41.2 Å². The Morgan fingerprint density at radius 3 is 2.91 bits per heavy atom. The first-order chi connectivity index (χ1) is 10.5. The van der Waals surface area contributed by atoms with Crippen LogP contribution in [-0.4, -0.2) is 40.6 Å². The van der Waals surface area contributed by atoms with Gasteiger partial charge in [0.2, 0.25) is 0 Å². The number of hydrogen-bond donors (Lipinski definition) is 1. The molecule has 22 heavy (non-hydrogen) atoms. The smallest absolute Gasteiger partial charge is 0.432 e. The van der Waals surface area contributed by atoms with Gasteiger partial charge in [0.1, 0.15) is 17.6 Å². The van der Waals surface area contributed by atoms with Crippen molar-refractivity contribution in [1.29, 1.82) is 0 Å². The number of aromatic nitrogens is 2. The molecule has 3 rings (SSSR count). The fourth-order valence-electron chi connectivity index (χ4n) is 3.14. The van der Waals surface area contributed by atoms with Gasteiger partial charge < -0.3 is 9.72 Å². The molecular formula is C15H20F3N3O. The van der Waals surface area contributed by atoms with Crippen molar-refractivity contribution < 1.29 is 17.9 Å². The standard InChI is InChI=1S/C15H20F3N3O/c16-15(17,18)13-8-19-14(20-13)11-4-3-6-21(9-11)10-12-5-1-2-7-22-12/h2,7-8,11-12H,1,3-6,9-10H2,(H,19,20). The van der Waals surface area contributed by atoms with Gasteiger partial charge in [-0.25, -0.2) is 4.98 Å². The molecule has 0 saturated carbocycles. The number of likely N-dealkylation sites (tertiary alicyclic amines) is 1. The molecule has 3 heterocycles. The van der Waals surface area contributed by atoms with Crippen molar-refractivity contribution in [2.45, 2.75) is 43.9 Å². The molecule has 122 valence electrons. The predicted octanol–water partition coefficient (Wildman–Crippen LogP) is 3.30. The number of nitrogens with one attached hydrogen (secondary N) is 1. The van der Waals surface area contributed by atoms with Crippen molar-refractivity contribution in [1.82, 2.24) is 14.9 Å². The van der Waals surface area contributed by atoms with Crippen LogP contribution in [0.4, 0.5) is 13.2 Å². The first-order valence-corrected chi connectivity index (χ1v) is 7.67. The van der Waals surface area contributed by atoms with Gasteiger partial charge in [0.25, 0.3) is 0 Å². The van der Waals surface area contributed by atoms with Crippen LogP contribution in [0.2, 0.25) is 0 Å². The predicted molar refractivity (Wildman–Crippen MR) is 75.3 cm³/mol. The zero-order valence-corrected chi connectivity index (χ0v) is 12.3. The molecule has 1 aromatic rings. The fourth-order valence-corrected chi connectivity index (χ4v) is 3.14. The van der Waals surface area contributed by atoms with E-state index in [4.69, 9.17) is 4.74 Å². The third-order valence-electron chi connectivity index (χ3n) is 4.28.